The number of benzene rings is 3. The molecule has 0 fully saturated rings. The molecular formula is C24H23Zr. The zero-order valence-electron chi connectivity index (χ0n) is 15.1. The number of fused-ring (bicyclic) bond motifs is 1. The van der Waals surface area contributed by atoms with Gasteiger partial charge in [0.2, 0.25) is 0 Å². The minimum atomic E-state index is -1.66. The zero-order valence-corrected chi connectivity index (χ0v) is 17.5. The molecular weight excluding hydrogens is 379 g/mol. The average Bonchev–Trinajstić information content (AvgIpc) is 3.14. The summed E-state index contributed by atoms with van der Waals surface area (Å²) in [5, 5.41) is 2.94. The van der Waals surface area contributed by atoms with Crippen molar-refractivity contribution in [2.75, 3.05) is 0 Å². The van der Waals surface area contributed by atoms with Gasteiger partial charge in [0.05, 0.1) is 0 Å². The van der Waals surface area contributed by atoms with E-state index in [2.05, 4.69) is 89.0 Å². The first-order valence-corrected chi connectivity index (χ1v) is 15.4. The van der Waals surface area contributed by atoms with E-state index in [0.717, 1.165) is 0 Å². The maximum absolute atomic E-state index is 2.60. The Morgan fingerprint density at radius 3 is 2.32 bits per heavy atom. The van der Waals surface area contributed by atoms with Gasteiger partial charge in [-0.3, -0.25) is 0 Å². The van der Waals surface area contributed by atoms with Crippen LogP contribution in [0.15, 0.2) is 66.7 Å². The summed E-state index contributed by atoms with van der Waals surface area (Å²) in [4.78, 5) is 0. The second-order valence-corrected chi connectivity index (χ2v) is 14.8. The van der Waals surface area contributed by atoms with E-state index in [1.54, 1.807) is 16.7 Å². The molecule has 1 heteroatoms. The topological polar surface area (TPSA) is 0 Å². The standard InChI is InChI=1S/C22H17.2CH3.Zr/c1-14-17-10-4-7-16-8-5-11-20(22(16)17)21(14)19-13-12-15-6-2-3-9-18(15)19;;;/h2-14,21H,1H3;2*1H3;. The van der Waals surface area contributed by atoms with Crippen molar-refractivity contribution in [1.82, 2.24) is 0 Å². The summed E-state index contributed by atoms with van der Waals surface area (Å²) >= 11 is -1.66. The second-order valence-electron chi connectivity index (χ2n) is 7.85. The Balaban J connectivity index is 1.82. The molecule has 123 valence electrons. The van der Waals surface area contributed by atoms with E-state index in [1.165, 1.54) is 16.3 Å². The molecule has 0 amide bonds. The Labute approximate surface area is 158 Å². The van der Waals surface area contributed by atoms with Crippen LogP contribution in [0.3, 0.4) is 0 Å². The summed E-state index contributed by atoms with van der Waals surface area (Å²) in [5.41, 5.74) is 6.18. The molecule has 25 heavy (non-hydrogen) atoms. The molecule has 3 atom stereocenters. The summed E-state index contributed by atoms with van der Waals surface area (Å²) in [6, 6.07) is 22.9. The van der Waals surface area contributed by atoms with E-state index in [-0.39, 0.29) is 3.12 Å². The van der Waals surface area contributed by atoms with E-state index in [4.69, 9.17) is 0 Å². The molecule has 0 spiro atoms. The Hall–Kier alpha value is -1.46. The van der Waals surface area contributed by atoms with Crippen LogP contribution in [-0.4, -0.2) is 0 Å². The van der Waals surface area contributed by atoms with Gasteiger partial charge in [-0.05, 0) is 0 Å². The molecule has 0 aliphatic heterocycles. The number of hydrogen-bond donors (Lipinski definition) is 0. The summed E-state index contributed by atoms with van der Waals surface area (Å²) < 4.78 is 5.45. The molecule has 2 aliphatic rings. The van der Waals surface area contributed by atoms with Crippen molar-refractivity contribution in [1.29, 1.82) is 0 Å². The van der Waals surface area contributed by atoms with Crippen molar-refractivity contribution in [2.24, 2.45) is 0 Å². The van der Waals surface area contributed by atoms with E-state index in [1.807, 2.05) is 0 Å². The molecule has 0 aromatic heterocycles. The van der Waals surface area contributed by atoms with Crippen LogP contribution in [0.25, 0.3) is 16.8 Å². The predicted octanol–water partition coefficient (Wildman–Crippen LogP) is 6.68. The first kappa shape index (κ1) is 15.8. The van der Waals surface area contributed by atoms with Crippen LogP contribution in [0.2, 0.25) is 9.26 Å². The minimum absolute atomic E-state index is 0.269. The molecule has 0 N–H and O–H groups in total. The number of allylic oxidation sites excluding steroid dienone is 1. The van der Waals surface area contributed by atoms with Gasteiger partial charge >= 0.3 is 159 Å². The van der Waals surface area contributed by atoms with E-state index in [0.29, 0.717) is 11.8 Å². The normalized spacial score (nSPS) is 26.2. The van der Waals surface area contributed by atoms with Crippen LogP contribution in [0.5, 0.6) is 0 Å². The van der Waals surface area contributed by atoms with Crippen LogP contribution in [-0.2, 0) is 24.9 Å². The van der Waals surface area contributed by atoms with Gasteiger partial charge in [-0.15, -0.1) is 0 Å². The van der Waals surface area contributed by atoms with Crippen LogP contribution in [0.1, 0.15) is 41.0 Å². The van der Waals surface area contributed by atoms with Gasteiger partial charge in [-0.25, -0.2) is 0 Å². The van der Waals surface area contributed by atoms with Crippen molar-refractivity contribution >= 4 is 16.8 Å². The van der Waals surface area contributed by atoms with Crippen LogP contribution < -0.4 is 0 Å². The second kappa shape index (κ2) is 5.52. The van der Waals surface area contributed by atoms with Gasteiger partial charge in [-0.1, -0.05) is 0 Å². The van der Waals surface area contributed by atoms with Crippen molar-refractivity contribution in [2.45, 2.75) is 31.1 Å². The zero-order chi connectivity index (χ0) is 17.2. The van der Waals surface area contributed by atoms with E-state index in [9.17, 15) is 0 Å². The molecule has 3 aromatic rings. The fraction of sp³-hybridized carbons (Fsp3) is 0.250. The molecule has 0 radical (unpaired) electrons. The van der Waals surface area contributed by atoms with E-state index < -0.39 is 21.8 Å². The van der Waals surface area contributed by atoms with Crippen molar-refractivity contribution in [3.63, 3.8) is 0 Å². The van der Waals surface area contributed by atoms with Gasteiger partial charge < -0.3 is 0 Å². The maximum atomic E-state index is 2.60. The summed E-state index contributed by atoms with van der Waals surface area (Å²) in [6.07, 6.45) is 5.00. The summed E-state index contributed by atoms with van der Waals surface area (Å²) in [5.74, 6) is 1.16. The third-order valence-corrected chi connectivity index (χ3v) is 12.4. The Morgan fingerprint density at radius 1 is 0.840 bits per heavy atom. The third kappa shape index (κ3) is 1.97. The first-order valence-electron chi connectivity index (χ1n) is 9.25. The van der Waals surface area contributed by atoms with Crippen LogP contribution in [0, 0.1) is 0 Å². The molecule has 0 saturated carbocycles. The monoisotopic (exact) mass is 401 g/mol. The van der Waals surface area contributed by atoms with Crippen molar-refractivity contribution in [3.05, 3.63) is 89.0 Å². The SMILES string of the molecule is CC1c2cccc3cccc(c23)C1[C]1([Zr]([CH3])[CH3])C=Cc2ccccc21. The molecule has 0 nitrogen and oxygen atoms in total. The predicted molar refractivity (Wildman–Crippen MR) is 104 cm³/mol. The average molecular weight is 403 g/mol. The molecule has 0 heterocycles. The van der Waals surface area contributed by atoms with Gasteiger partial charge in [0.15, 0.2) is 0 Å². The fourth-order valence-electron chi connectivity index (χ4n) is 5.48. The van der Waals surface area contributed by atoms with Crippen LogP contribution in [0.4, 0.5) is 0 Å². The molecule has 3 unspecified atom stereocenters. The van der Waals surface area contributed by atoms with Gasteiger partial charge in [0, 0.05) is 0 Å². The van der Waals surface area contributed by atoms with Gasteiger partial charge in [-0.2, -0.15) is 0 Å². The summed E-state index contributed by atoms with van der Waals surface area (Å²) in [7, 11) is 0. The Kier molecular flexibility index (Phi) is 3.48. The van der Waals surface area contributed by atoms with Gasteiger partial charge in [0.1, 0.15) is 0 Å². The Morgan fingerprint density at radius 2 is 1.56 bits per heavy atom. The molecule has 3 aromatic carbocycles. The number of hydrogen-bond acceptors (Lipinski definition) is 0. The van der Waals surface area contributed by atoms with Crippen molar-refractivity contribution < 1.29 is 21.8 Å². The van der Waals surface area contributed by atoms with Gasteiger partial charge in [0.25, 0.3) is 0 Å². The first-order chi connectivity index (χ1) is 12.1. The quantitative estimate of drug-likeness (QED) is 0.448. The van der Waals surface area contributed by atoms with Crippen molar-refractivity contribution in [3.8, 4) is 0 Å². The Bertz CT molecular complexity index is 1010. The molecule has 0 saturated heterocycles. The number of rotatable bonds is 2. The fourth-order valence-corrected chi connectivity index (χ4v) is 10.9. The molecule has 2 aliphatic carbocycles. The summed E-state index contributed by atoms with van der Waals surface area (Å²) in [6.45, 7) is 2.46. The molecule has 0 bridgehead atoms. The van der Waals surface area contributed by atoms with Crippen LogP contribution >= 0.6 is 0 Å². The molecule has 5 rings (SSSR count). The van der Waals surface area contributed by atoms with E-state index >= 15 is 0 Å². The third-order valence-electron chi connectivity index (χ3n) is 6.54.